The maximum atomic E-state index is 12.1. The van der Waals surface area contributed by atoms with Crippen molar-refractivity contribution in [2.45, 2.75) is 13.2 Å². The number of amides is 1. The Kier molecular flexibility index (Phi) is 7.54. The maximum Gasteiger partial charge on any atom is 0.337 e. The number of benzene rings is 3. The Bertz CT molecular complexity index is 1300. The first kappa shape index (κ1) is 23.3. The van der Waals surface area contributed by atoms with Crippen LogP contribution < -0.4 is 10.2 Å². The summed E-state index contributed by atoms with van der Waals surface area (Å²) >= 11 is 0. The molecule has 0 bridgehead atoms. The lowest BCUT2D eigenvalue weighted by molar-refractivity contribution is -0.122. The van der Waals surface area contributed by atoms with Gasteiger partial charge in [0.25, 0.3) is 5.91 Å². The number of nitrogens with zero attached hydrogens (tertiary/aromatic N) is 5. The molecular weight excluding hydrogens is 448 g/mol. The van der Waals surface area contributed by atoms with Crippen LogP contribution in [0.1, 0.15) is 21.5 Å². The lowest BCUT2D eigenvalue weighted by Crippen LogP contribution is -2.24. The fraction of sp³-hybridized carbons (Fsp3) is 0.120. The summed E-state index contributed by atoms with van der Waals surface area (Å²) in [6.07, 6.45) is 1.53. The first-order valence-corrected chi connectivity index (χ1v) is 10.7. The van der Waals surface area contributed by atoms with E-state index in [-0.39, 0.29) is 18.4 Å². The Balaban J connectivity index is 1.23. The summed E-state index contributed by atoms with van der Waals surface area (Å²) < 4.78 is 10.5. The van der Waals surface area contributed by atoms with Gasteiger partial charge in [-0.25, -0.2) is 10.2 Å². The Hall–Kier alpha value is -4.86. The van der Waals surface area contributed by atoms with E-state index in [9.17, 15) is 9.59 Å². The Morgan fingerprint density at radius 2 is 1.74 bits per heavy atom. The van der Waals surface area contributed by atoms with Crippen LogP contribution in [-0.2, 0) is 22.7 Å². The maximum absolute atomic E-state index is 12.1. The summed E-state index contributed by atoms with van der Waals surface area (Å²) in [4.78, 5) is 24.8. The number of hydrogen-bond acceptors (Lipinski definition) is 8. The number of hydrogen-bond donors (Lipinski definition) is 1. The quantitative estimate of drug-likeness (QED) is 0.227. The van der Waals surface area contributed by atoms with Crippen LogP contribution >= 0.6 is 0 Å². The van der Waals surface area contributed by atoms with Crippen molar-refractivity contribution in [3.63, 3.8) is 0 Å². The highest BCUT2D eigenvalue weighted by Gasteiger charge is 2.08. The minimum Gasteiger partial charge on any atom is -0.489 e. The number of nitrogens with one attached hydrogen (secondary N) is 1. The molecule has 0 aliphatic carbocycles. The first-order valence-electron chi connectivity index (χ1n) is 10.7. The normalized spacial score (nSPS) is 10.8. The molecule has 0 unspecified atom stereocenters. The summed E-state index contributed by atoms with van der Waals surface area (Å²) in [6, 6.07) is 23.6. The highest BCUT2D eigenvalue weighted by Crippen LogP contribution is 2.14. The molecule has 10 nitrogen and oxygen atoms in total. The molecule has 0 spiro atoms. The van der Waals surface area contributed by atoms with Crippen LogP contribution in [0.3, 0.4) is 0 Å². The molecule has 0 aliphatic rings. The van der Waals surface area contributed by atoms with Crippen LogP contribution in [0.15, 0.2) is 84.0 Å². The van der Waals surface area contributed by atoms with E-state index in [1.165, 1.54) is 18.1 Å². The van der Waals surface area contributed by atoms with Gasteiger partial charge < -0.3 is 9.47 Å². The molecular formula is C25H22N6O4. The molecule has 0 saturated carbocycles. The molecule has 0 atom stereocenters. The van der Waals surface area contributed by atoms with Crippen LogP contribution in [0.25, 0.3) is 11.4 Å². The molecule has 0 radical (unpaired) electrons. The summed E-state index contributed by atoms with van der Waals surface area (Å²) in [7, 11) is 1.35. The standard InChI is InChI=1S/C25H22N6O4/c1-34-25(33)21-11-7-19(8-12-21)17-35-22-13-9-18(10-14-22)15-26-27-23(32)16-31-29-24(28-30-31)20-5-3-2-4-6-20/h2-15H,16-17H2,1H3,(H,27,32)/b26-15+. The molecule has 1 N–H and O–H groups in total. The van der Waals surface area contributed by atoms with Crippen molar-refractivity contribution in [3.8, 4) is 17.1 Å². The third-order valence-corrected chi connectivity index (χ3v) is 4.83. The predicted molar refractivity (Wildman–Crippen MR) is 128 cm³/mol. The summed E-state index contributed by atoms with van der Waals surface area (Å²) in [5, 5.41) is 16.0. The molecule has 176 valence electrons. The van der Waals surface area contributed by atoms with Crippen molar-refractivity contribution in [1.82, 2.24) is 25.6 Å². The fourth-order valence-corrected chi connectivity index (χ4v) is 3.03. The monoisotopic (exact) mass is 470 g/mol. The zero-order chi connectivity index (χ0) is 24.5. The van der Waals surface area contributed by atoms with Crippen molar-refractivity contribution >= 4 is 18.1 Å². The van der Waals surface area contributed by atoms with Gasteiger partial charge in [-0.2, -0.15) is 9.90 Å². The van der Waals surface area contributed by atoms with Gasteiger partial charge in [0, 0.05) is 5.56 Å². The lowest BCUT2D eigenvalue weighted by atomic mass is 10.1. The average Bonchev–Trinajstić information content (AvgIpc) is 3.37. The topological polar surface area (TPSA) is 121 Å². The van der Waals surface area contributed by atoms with Gasteiger partial charge in [0.2, 0.25) is 5.82 Å². The van der Waals surface area contributed by atoms with E-state index in [2.05, 4.69) is 30.7 Å². The minimum atomic E-state index is -0.378. The smallest absolute Gasteiger partial charge is 0.337 e. The summed E-state index contributed by atoms with van der Waals surface area (Å²) in [5.41, 5.74) is 5.46. The number of hydrazone groups is 1. The van der Waals surface area contributed by atoms with Gasteiger partial charge in [0.05, 0.1) is 18.9 Å². The Morgan fingerprint density at radius 1 is 1.00 bits per heavy atom. The van der Waals surface area contributed by atoms with Gasteiger partial charge in [-0.3, -0.25) is 4.79 Å². The molecule has 1 heterocycles. The molecule has 0 aliphatic heterocycles. The van der Waals surface area contributed by atoms with Crippen molar-refractivity contribution in [2.24, 2.45) is 5.10 Å². The number of esters is 1. The van der Waals surface area contributed by atoms with E-state index < -0.39 is 0 Å². The van der Waals surface area contributed by atoms with Gasteiger partial charge in [-0.1, -0.05) is 42.5 Å². The highest BCUT2D eigenvalue weighted by atomic mass is 16.5. The molecule has 4 rings (SSSR count). The fourth-order valence-electron chi connectivity index (χ4n) is 3.03. The van der Waals surface area contributed by atoms with E-state index in [4.69, 9.17) is 4.74 Å². The van der Waals surface area contributed by atoms with Gasteiger partial charge in [0.1, 0.15) is 18.9 Å². The predicted octanol–water partition coefficient (Wildman–Crippen LogP) is 2.86. The minimum absolute atomic E-state index is 0.107. The summed E-state index contributed by atoms with van der Waals surface area (Å²) in [5.74, 6) is 0.367. The molecule has 0 fully saturated rings. The highest BCUT2D eigenvalue weighted by molar-refractivity contribution is 5.89. The number of tetrazole rings is 1. The third-order valence-electron chi connectivity index (χ3n) is 4.83. The Labute approximate surface area is 201 Å². The molecule has 1 amide bonds. The van der Waals surface area contributed by atoms with Crippen molar-refractivity contribution in [2.75, 3.05) is 7.11 Å². The van der Waals surface area contributed by atoms with E-state index in [1.54, 1.807) is 24.3 Å². The van der Waals surface area contributed by atoms with E-state index in [0.29, 0.717) is 23.7 Å². The van der Waals surface area contributed by atoms with E-state index >= 15 is 0 Å². The molecule has 35 heavy (non-hydrogen) atoms. The molecule has 10 heteroatoms. The van der Waals surface area contributed by atoms with Crippen LogP contribution in [0.2, 0.25) is 0 Å². The van der Waals surface area contributed by atoms with Crippen LogP contribution in [0.4, 0.5) is 0 Å². The van der Waals surface area contributed by atoms with Crippen molar-refractivity contribution in [1.29, 1.82) is 0 Å². The number of carbonyl (C=O) groups is 2. The second-order valence-corrected chi connectivity index (χ2v) is 7.35. The van der Waals surface area contributed by atoms with Crippen LogP contribution in [-0.4, -0.2) is 45.4 Å². The van der Waals surface area contributed by atoms with Crippen LogP contribution in [0, 0.1) is 0 Å². The van der Waals surface area contributed by atoms with Gasteiger partial charge in [-0.05, 0) is 52.7 Å². The number of rotatable bonds is 9. The SMILES string of the molecule is COC(=O)c1ccc(COc2ccc(/C=N/NC(=O)Cn3nnc(-c4ccccc4)n3)cc2)cc1. The van der Waals surface area contributed by atoms with Gasteiger partial charge >= 0.3 is 5.97 Å². The second kappa shape index (κ2) is 11.3. The molecule has 3 aromatic carbocycles. The lowest BCUT2D eigenvalue weighted by Gasteiger charge is -2.07. The third kappa shape index (κ3) is 6.57. The number of ether oxygens (including phenoxy) is 2. The molecule has 4 aromatic rings. The van der Waals surface area contributed by atoms with Gasteiger partial charge in [-0.15, -0.1) is 10.2 Å². The number of methoxy groups -OCH3 is 1. The second-order valence-electron chi connectivity index (χ2n) is 7.35. The average molecular weight is 470 g/mol. The zero-order valence-corrected chi connectivity index (χ0v) is 18.9. The largest absolute Gasteiger partial charge is 0.489 e. The van der Waals surface area contributed by atoms with Gasteiger partial charge in [0.15, 0.2) is 0 Å². The van der Waals surface area contributed by atoms with Crippen molar-refractivity contribution in [3.05, 3.63) is 95.6 Å². The molecule has 1 aromatic heterocycles. The first-order chi connectivity index (χ1) is 17.1. The summed E-state index contributed by atoms with van der Waals surface area (Å²) in [6.45, 7) is 0.248. The van der Waals surface area contributed by atoms with Crippen LogP contribution in [0.5, 0.6) is 5.75 Å². The zero-order valence-electron chi connectivity index (χ0n) is 18.9. The van der Waals surface area contributed by atoms with E-state index in [1.807, 2.05) is 54.6 Å². The number of aromatic nitrogens is 4. The Morgan fingerprint density at radius 3 is 2.46 bits per heavy atom. The van der Waals surface area contributed by atoms with E-state index in [0.717, 1.165) is 16.7 Å². The van der Waals surface area contributed by atoms with Crippen molar-refractivity contribution < 1.29 is 19.1 Å². The number of carbonyl (C=O) groups excluding carboxylic acids is 2. The molecule has 0 saturated heterocycles.